The van der Waals surface area contributed by atoms with Gasteiger partial charge in [0.05, 0.1) is 35.6 Å². The van der Waals surface area contributed by atoms with Crippen molar-refractivity contribution in [1.29, 1.82) is 0 Å². The first-order chi connectivity index (χ1) is 18.8. The molecular weight excluding hydrogens is 516 g/mol. The highest BCUT2D eigenvalue weighted by atomic mass is 32.1. The maximum Gasteiger partial charge on any atom is 0.341 e. The highest BCUT2D eigenvalue weighted by Crippen LogP contribution is 2.34. The number of fused-ring (bicyclic) bond motifs is 1. The summed E-state index contributed by atoms with van der Waals surface area (Å²) >= 11 is 1.32. The molecule has 39 heavy (non-hydrogen) atoms. The first-order valence-corrected chi connectivity index (χ1v) is 13.6. The fourth-order valence-electron chi connectivity index (χ4n) is 4.30. The first kappa shape index (κ1) is 27.8. The molecule has 0 saturated carbocycles. The third kappa shape index (κ3) is 5.78. The van der Waals surface area contributed by atoms with Crippen LogP contribution in [0.5, 0.6) is 5.88 Å². The van der Waals surface area contributed by atoms with Gasteiger partial charge in [0.25, 0.3) is 5.56 Å². The summed E-state index contributed by atoms with van der Waals surface area (Å²) in [5, 5.41) is 14.6. The van der Waals surface area contributed by atoms with Crippen molar-refractivity contribution in [3.05, 3.63) is 86.5 Å². The monoisotopic (exact) mass is 546 g/mol. The molecule has 2 aromatic heterocycles. The number of aromatic hydroxyl groups is 1. The molecule has 8 nitrogen and oxygen atoms in total. The number of carbonyl (C=O) groups is 2. The number of pyridine rings is 1. The molecule has 0 bridgehead atoms. The van der Waals surface area contributed by atoms with E-state index in [1.165, 1.54) is 34.3 Å². The van der Waals surface area contributed by atoms with Gasteiger partial charge < -0.3 is 14.6 Å². The van der Waals surface area contributed by atoms with Crippen molar-refractivity contribution in [2.45, 2.75) is 34.1 Å². The van der Waals surface area contributed by atoms with Crippen molar-refractivity contribution in [3.8, 4) is 11.6 Å². The van der Waals surface area contributed by atoms with Gasteiger partial charge >= 0.3 is 11.9 Å². The standard InChI is InChI=1S/C30H30N2O6S/c1-5-37-29(35)19-11-13-21(14-12-19)32-27(33)23-10-8-7-9-22(23)24(28(32)34)16-31-26-25(30(36)38-6-2)20(17-39-26)15-18(3)4/h7-14,16-18,34H,5-6,15H2,1-4H3. The Bertz CT molecular complexity index is 1600. The Morgan fingerprint density at radius 3 is 2.28 bits per heavy atom. The molecule has 0 unspecified atom stereocenters. The van der Waals surface area contributed by atoms with Crippen molar-refractivity contribution in [1.82, 2.24) is 4.57 Å². The Balaban J connectivity index is 1.85. The van der Waals surface area contributed by atoms with Gasteiger partial charge in [-0.05, 0) is 67.5 Å². The summed E-state index contributed by atoms with van der Waals surface area (Å²) < 4.78 is 11.5. The Morgan fingerprint density at radius 2 is 1.64 bits per heavy atom. The highest BCUT2D eigenvalue weighted by molar-refractivity contribution is 7.14. The van der Waals surface area contributed by atoms with E-state index in [4.69, 9.17) is 9.47 Å². The molecule has 9 heteroatoms. The van der Waals surface area contributed by atoms with Crippen LogP contribution in [0.15, 0.2) is 63.7 Å². The lowest BCUT2D eigenvalue weighted by Crippen LogP contribution is -2.20. The van der Waals surface area contributed by atoms with Crippen LogP contribution in [0.4, 0.5) is 5.00 Å². The highest BCUT2D eigenvalue weighted by Gasteiger charge is 2.22. The van der Waals surface area contributed by atoms with Crippen LogP contribution in [-0.4, -0.2) is 41.0 Å². The molecule has 2 aromatic carbocycles. The van der Waals surface area contributed by atoms with Crippen LogP contribution in [0, 0.1) is 5.92 Å². The molecule has 0 aliphatic rings. The second-order valence-electron chi connectivity index (χ2n) is 9.21. The number of carbonyl (C=O) groups excluding carboxylic acids is 2. The molecule has 0 aliphatic heterocycles. The number of nitrogens with zero attached hydrogens (tertiary/aromatic N) is 2. The van der Waals surface area contributed by atoms with Crippen LogP contribution in [0.2, 0.25) is 0 Å². The summed E-state index contributed by atoms with van der Waals surface area (Å²) in [5.41, 5.74) is 1.87. The smallest absolute Gasteiger partial charge is 0.341 e. The van der Waals surface area contributed by atoms with Crippen LogP contribution < -0.4 is 5.56 Å². The van der Waals surface area contributed by atoms with Crippen LogP contribution in [-0.2, 0) is 15.9 Å². The topological polar surface area (TPSA) is 107 Å². The van der Waals surface area contributed by atoms with Crippen LogP contribution in [0.1, 0.15) is 59.5 Å². The van der Waals surface area contributed by atoms with Crippen molar-refractivity contribution in [3.63, 3.8) is 0 Å². The van der Waals surface area contributed by atoms with Gasteiger partial charge in [0, 0.05) is 17.0 Å². The van der Waals surface area contributed by atoms with E-state index in [9.17, 15) is 19.5 Å². The van der Waals surface area contributed by atoms with Crippen LogP contribution in [0.25, 0.3) is 16.5 Å². The lowest BCUT2D eigenvalue weighted by molar-refractivity contribution is 0.0516. The van der Waals surface area contributed by atoms with Crippen molar-refractivity contribution in [2.75, 3.05) is 13.2 Å². The van der Waals surface area contributed by atoms with Gasteiger partial charge in [0.1, 0.15) is 5.00 Å². The molecular formula is C30H30N2O6S. The minimum atomic E-state index is -0.475. The van der Waals surface area contributed by atoms with Gasteiger partial charge in [-0.1, -0.05) is 32.0 Å². The summed E-state index contributed by atoms with van der Waals surface area (Å²) in [4.78, 5) is 42.9. The average molecular weight is 547 g/mol. The Hall–Kier alpha value is -4.24. The van der Waals surface area contributed by atoms with Gasteiger partial charge in [0.2, 0.25) is 5.88 Å². The number of esters is 2. The maximum absolute atomic E-state index is 13.4. The summed E-state index contributed by atoms with van der Waals surface area (Å²) in [6, 6.07) is 13.1. The van der Waals surface area contributed by atoms with E-state index in [0.717, 1.165) is 5.56 Å². The fourth-order valence-corrected chi connectivity index (χ4v) is 5.22. The molecule has 0 atom stereocenters. The zero-order valence-corrected chi connectivity index (χ0v) is 23.1. The van der Waals surface area contributed by atoms with E-state index in [1.807, 2.05) is 5.38 Å². The largest absolute Gasteiger partial charge is 0.494 e. The number of rotatable bonds is 9. The molecule has 0 fully saturated rings. The van der Waals surface area contributed by atoms with E-state index in [0.29, 0.717) is 50.5 Å². The van der Waals surface area contributed by atoms with Gasteiger partial charge in [0.15, 0.2) is 0 Å². The normalized spacial score (nSPS) is 11.4. The van der Waals surface area contributed by atoms with E-state index < -0.39 is 17.5 Å². The summed E-state index contributed by atoms with van der Waals surface area (Å²) in [6.07, 6.45) is 2.16. The molecule has 0 amide bonds. The predicted molar refractivity (Wildman–Crippen MR) is 153 cm³/mol. The third-order valence-corrected chi connectivity index (χ3v) is 6.94. The minimum absolute atomic E-state index is 0.240. The quantitative estimate of drug-likeness (QED) is 0.202. The van der Waals surface area contributed by atoms with E-state index in [-0.39, 0.29) is 19.1 Å². The van der Waals surface area contributed by atoms with Crippen molar-refractivity contribution < 1.29 is 24.2 Å². The number of benzene rings is 2. The molecule has 202 valence electrons. The fraction of sp³-hybridized carbons (Fsp3) is 0.267. The molecule has 1 N–H and O–H groups in total. The van der Waals surface area contributed by atoms with Gasteiger partial charge in [-0.25, -0.2) is 19.1 Å². The number of ether oxygens (including phenoxy) is 2. The lowest BCUT2D eigenvalue weighted by Gasteiger charge is -2.14. The predicted octanol–water partition coefficient (Wildman–Crippen LogP) is 6.06. The van der Waals surface area contributed by atoms with E-state index in [2.05, 4.69) is 18.8 Å². The first-order valence-electron chi connectivity index (χ1n) is 12.7. The second-order valence-corrected chi connectivity index (χ2v) is 10.1. The number of aliphatic imine (C=N–C) groups is 1. The maximum atomic E-state index is 13.4. The van der Waals surface area contributed by atoms with Gasteiger partial charge in [-0.2, -0.15) is 0 Å². The Kier molecular flexibility index (Phi) is 8.61. The molecule has 0 spiro atoms. The summed E-state index contributed by atoms with van der Waals surface area (Å²) in [5.74, 6) is -0.904. The molecule has 2 heterocycles. The van der Waals surface area contributed by atoms with E-state index >= 15 is 0 Å². The average Bonchev–Trinajstić information content (AvgIpc) is 3.31. The molecule has 0 aliphatic carbocycles. The minimum Gasteiger partial charge on any atom is -0.494 e. The van der Waals surface area contributed by atoms with Crippen molar-refractivity contribution in [2.24, 2.45) is 10.9 Å². The van der Waals surface area contributed by atoms with Crippen LogP contribution in [0.3, 0.4) is 0 Å². The Morgan fingerprint density at radius 1 is 1.00 bits per heavy atom. The number of hydrogen-bond acceptors (Lipinski definition) is 8. The summed E-state index contributed by atoms with van der Waals surface area (Å²) in [7, 11) is 0. The number of hydrogen-bond donors (Lipinski definition) is 1. The van der Waals surface area contributed by atoms with Gasteiger partial charge in [-0.15, -0.1) is 11.3 Å². The third-order valence-electron chi connectivity index (χ3n) is 6.01. The van der Waals surface area contributed by atoms with E-state index in [1.54, 1.807) is 50.2 Å². The molecule has 4 rings (SSSR count). The molecule has 4 aromatic rings. The zero-order valence-electron chi connectivity index (χ0n) is 22.3. The molecule has 0 radical (unpaired) electrons. The van der Waals surface area contributed by atoms with Crippen LogP contribution >= 0.6 is 11.3 Å². The second kappa shape index (κ2) is 12.1. The van der Waals surface area contributed by atoms with Crippen molar-refractivity contribution >= 4 is 45.3 Å². The Labute approximate surface area is 230 Å². The lowest BCUT2D eigenvalue weighted by atomic mass is 10.0. The molecule has 0 saturated heterocycles. The zero-order chi connectivity index (χ0) is 28.1. The number of aromatic nitrogens is 1. The summed E-state index contributed by atoms with van der Waals surface area (Å²) in [6.45, 7) is 8.10. The number of thiophene rings is 1. The SMILES string of the molecule is CCOC(=O)c1ccc(-n2c(O)c(C=Nc3scc(CC(C)C)c3C(=O)OCC)c3ccccc3c2=O)cc1. The van der Waals surface area contributed by atoms with Gasteiger partial charge in [-0.3, -0.25) is 4.79 Å².